The first-order valence-electron chi connectivity index (χ1n) is 7.07. The van der Waals surface area contributed by atoms with Crippen molar-refractivity contribution in [2.24, 2.45) is 0 Å². The molecule has 0 saturated heterocycles. The molecule has 1 aromatic heterocycles. The minimum Gasteiger partial charge on any atom is -0.465 e. The summed E-state index contributed by atoms with van der Waals surface area (Å²) < 4.78 is 11.0. The first-order valence-corrected chi connectivity index (χ1v) is 7.45. The van der Waals surface area contributed by atoms with Crippen LogP contribution in [0.4, 0.5) is 0 Å². The second kappa shape index (κ2) is 6.84. The molecule has 4 heteroatoms. The molecule has 22 heavy (non-hydrogen) atoms. The number of furan rings is 1. The van der Waals surface area contributed by atoms with Gasteiger partial charge in [-0.1, -0.05) is 23.7 Å². The van der Waals surface area contributed by atoms with Crippen molar-refractivity contribution >= 4 is 17.6 Å². The predicted molar refractivity (Wildman–Crippen MR) is 87.3 cm³/mol. The third-order valence-corrected chi connectivity index (χ3v) is 4.15. The zero-order valence-corrected chi connectivity index (χ0v) is 13.7. The number of hydrogen-bond donors (Lipinski definition) is 0. The average molecular weight is 319 g/mol. The lowest BCUT2D eigenvalue weighted by Crippen LogP contribution is -2.14. The lowest BCUT2D eigenvalue weighted by atomic mass is 9.99. The van der Waals surface area contributed by atoms with E-state index < -0.39 is 12.1 Å². The van der Waals surface area contributed by atoms with Crippen LogP contribution >= 0.6 is 11.6 Å². The standard InChI is InChI=1S/C18H19ClO3/c1-5-7-15(14-8-6-9-21-14)22-18(20)16-11(2)10-12(3)17(19)13(16)4/h5-6,8-10,15H,1,7H2,2-4H3/t15-/m0/s1. The Morgan fingerprint density at radius 3 is 2.73 bits per heavy atom. The number of carbonyl (C=O) groups excluding carboxylic acids is 1. The van der Waals surface area contributed by atoms with Crippen molar-refractivity contribution in [1.82, 2.24) is 0 Å². The lowest BCUT2D eigenvalue weighted by Gasteiger charge is -2.17. The summed E-state index contributed by atoms with van der Waals surface area (Å²) in [7, 11) is 0. The average Bonchev–Trinajstić information content (AvgIpc) is 2.98. The van der Waals surface area contributed by atoms with Crippen molar-refractivity contribution in [1.29, 1.82) is 0 Å². The summed E-state index contributed by atoms with van der Waals surface area (Å²) in [5.41, 5.74) is 3.04. The summed E-state index contributed by atoms with van der Waals surface area (Å²) in [5, 5.41) is 0.593. The van der Waals surface area contributed by atoms with Crippen LogP contribution in [0.5, 0.6) is 0 Å². The summed E-state index contributed by atoms with van der Waals surface area (Å²) in [6, 6.07) is 5.43. The summed E-state index contributed by atoms with van der Waals surface area (Å²) in [4.78, 5) is 12.6. The van der Waals surface area contributed by atoms with Gasteiger partial charge >= 0.3 is 5.97 Å². The number of esters is 1. The van der Waals surface area contributed by atoms with Crippen LogP contribution < -0.4 is 0 Å². The highest BCUT2D eigenvalue weighted by Crippen LogP contribution is 2.30. The first-order chi connectivity index (χ1) is 10.5. The van der Waals surface area contributed by atoms with E-state index in [-0.39, 0.29) is 0 Å². The van der Waals surface area contributed by atoms with Crippen LogP contribution in [0.3, 0.4) is 0 Å². The van der Waals surface area contributed by atoms with E-state index in [4.69, 9.17) is 20.8 Å². The molecule has 1 aromatic carbocycles. The summed E-state index contributed by atoms with van der Waals surface area (Å²) in [6.07, 6.45) is 3.25. The van der Waals surface area contributed by atoms with Gasteiger partial charge in [-0.05, 0) is 49.6 Å². The van der Waals surface area contributed by atoms with Gasteiger partial charge in [-0.25, -0.2) is 4.79 Å². The Hall–Kier alpha value is -2.00. The third kappa shape index (κ3) is 3.25. The Morgan fingerprint density at radius 2 is 2.14 bits per heavy atom. The van der Waals surface area contributed by atoms with Crippen molar-refractivity contribution in [3.8, 4) is 0 Å². The minimum atomic E-state index is -0.487. The van der Waals surface area contributed by atoms with Crippen LogP contribution in [0, 0.1) is 20.8 Å². The fourth-order valence-electron chi connectivity index (χ4n) is 2.51. The zero-order valence-electron chi connectivity index (χ0n) is 13.0. The first kappa shape index (κ1) is 16.4. The molecule has 0 amide bonds. The molecule has 0 fully saturated rings. The molecule has 2 aromatic rings. The minimum absolute atomic E-state index is 0.403. The molecule has 0 aliphatic carbocycles. The van der Waals surface area contributed by atoms with Gasteiger partial charge in [0.2, 0.25) is 0 Å². The molecule has 116 valence electrons. The molecule has 0 saturated carbocycles. The maximum absolute atomic E-state index is 12.6. The van der Waals surface area contributed by atoms with E-state index in [0.717, 1.165) is 16.7 Å². The van der Waals surface area contributed by atoms with E-state index in [2.05, 4.69) is 6.58 Å². The Labute approximate surface area is 135 Å². The highest BCUT2D eigenvalue weighted by molar-refractivity contribution is 6.32. The van der Waals surface area contributed by atoms with Gasteiger partial charge in [0.25, 0.3) is 0 Å². The summed E-state index contributed by atoms with van der Waals surface area (Å²) in [5.74, 6) is 0.196. The SMILES string of the molecule is C=CC[C@H](OC(=O)c1c(C)cc(C)c(Cl)c1C)c1ccco1. The summed E-state index contributed by atoms with van der Waals surface area (Å²) in [6.45, 7) is 9.32. The van der Waals surface area contributed by atoms with Gasteiger partial charge in [-0.15, -0.1) is 6.58 Å². The van der Waals surface area contributed by atoms with E-state index >= 15 is 0 Å². The number of aryl methyl sites for hydroxylation is 2. The van der Waals surface area contributed by atoms with Crippen molar-refractivity contribution < 1.29 is 13.9 Å². The maximum Gasteiger partial charge on any atom is 0.339 e. The Kier molecular flexibility index (Phi) is 5.09. The molecule has 2 rings (SSSR count). The predicted octanol–water partition coefficient (Wildman–Crippen LogP) is 5.33. The Balaban J connectivity index is 2.32. The monoisotopic (exact) mass is 318 g/mol. The van der Waals surface area contributed by atoms with Gasteiger partial charge in [0.05, 0.1) is 11.8 Å². The zero-order chi connectivity index (χ0) is 16.3. The van der Waals surface area contributed by atoms with E-state index in [9.17, 15) is 4.79 Å². The Bertz CT molecular complexity index is 687. The number of halogens is 1. The number of rotatable bonds is 5. The molecule has 0 bridgehead atoms. The number of benzene rings is 1. The number of ether oxygens (including phenoxy) is 1. The molecular formula is C18H19ClO3. The van der Waals surface area contributed by atoms with Crippen LogP contribution in [0.15, 0.2) is 41.5 Å². The highest BCUT2D eigenvalue weighted by Gasteiger charge is 2.23. The summed E-state index contributed by atoms with van der Waals surface area (Å²) >= 11 is 6.25. The molecule has 3 nitrogen and oxygen atoms in total. The Morgan fingerprint density at radius 1 is 1.41 bits per heavy atom. The maximum atomic E-state index is 12.6. The highest BCUT2D eigenvalue weighted by atomic mass is 35.5. The fourth-order valence-corrected chi connectivity index (χ4v) is 2.66. The van der Waals surface area contributed by atoms with Gasteiger partial charge in [-0.3, -0.25) is 0 Å². The molecule has 0 aliphatic rings. The van der Waals surface area contributed by atoms with Gasteiger partial charge in [-0.2, -0.15) is 0 Å². The molecular weight excluding hydrogens is 300 g/mol. The number of carbonyl (C=O) groups is 1. The van der Waals surface area contributed by atoms with E-state index in [1.54, 1.807) is 24.5 Å². The molecule has 0 radical (unpaired) electrons. The quantitative estimate of drug-likeness (QED) is 0.552. The molecule has 1 heterocycles. The van der Waals surface area contributed by atoms with Crippen LogP contribution in [0.1, 0.15) is 45.3 Å². The third-order valence-electron chi connectivity index (χ3n) is 3.57. The molecule has 0 spiro atoms. The van der Waals surface area contributed by atoms with Gasteiger partial charge < -0.3 is 9.15 Å². The van der Waals surface area contributed by atoms with Crippen molar-refractivity contribution in [2.75, 3.05) is 0 Å². The van der Waals surface area contributed by atoms with Crippen molar-refractivity contribution in [3.05, 3.63) is 70.2 Å². The smallest absolute Gasteiger partial charge is 0.339 e. The normalized spacial score (nSPS) is 12.0. The van der Waals surface area contributed by atoms with Gasteiger partial charge in [0.15, 0.2) is 6.10 Å². The van der Waals surface area contributed by atoms with E-state index in [0.29, 0.717) is 22.8 Å². The second-order valence-electron chi connectivity index (χ2n) is 5.26. The van der Waals surface area contributed by atoms with Crippen LogP contribution in [0.2, 0.25) is 5.02 Å². The van der Waals surface area contributed by atoms with Gasteiger partial charge in [0.1, 0.15) is 5.76 Å². The lowest BCUT2D eigenvalue weighted by molar-refractivity contribution is 0.0251. The van der Waals surface area contributed by atoms with Crippen molar-refractivity contribution in [2.45, 2.75) is 33.3 Å². The topological polar surface area (TPSA) is 39.4 Å². The van der Waals surface area contributed by atoms with E-state index in [1.165, 1.54) is 0 Å². The molecule has 0 unspecified atom stereocenters. The second-order valence-corrected chi connectivity index (χ2v) is 5.64. The van der Waals surface area contributed by atoms with Crippen molar-refractivity contribution in [3.63, 3.8) is 0 Å². The fraction of sp³-hybridized carbons (Fsp3) is 0.278. The van der Waals surface area contributed by atoms with Crippen LogP contribution in [-0.2, 0) is 4.74 Å². The molecule has 1 atom stereocenters. The van der Waals surface area contributed by atoms with Crippen LogP contribution in [0.25, 0.3) is 0 Å². The van der Waals surface area contributed by atoms with Crippen LogP contribution in [-0.4, -0.2) is 5.97 Å². The van der Waals surface area contributed by atoms with Gasteiger partial charge in [0, 0.05) is 11.4 Å². The molecule has 0 aliphatic heterocycles. The largest absolute Gasteiger partial charge is 0.465 e. The van der Waals surface area contributed by atoms with E-state index in [1.807, 2.05) is 26.8 Å². The number of hydrogen-bond acceptors (Lipinski definition) is 3. The molecule has 0 N–H and O–H groups in total.